The van der Waals surface area contributed by atoms with Gasteiger partial charge in [0.25, 0.3) is 5.91 Å². The molecule has 2 aliphatic heterocycles. The van der Waals surface area contributed by atoms with Crippen molar-refractivity contribution in [1.29, 1.82) is 0 Å². The highest BCUT2D eigenvalue weighted by molar-refractivity contribution is 6.09. The number of benzene rings is 1. The zero-order valence-corrected chi connectivity index (χ0v) is 11.7. The van der Waals surface area contributed by atoms with Gasteiger partial charge in [0.1, 0.15) is 0 Å². The number of hydrogen-bond donors (Lipinski definition) is 1. The Morgan fingerprint density at radius 2 is 2.05 bits per heavy atom. The third kappa shape index (κ3) is 1.70. The third-order valence-corrected chi connectivity index (χ3v) is 4.07. The SMILES string of the molecule is C=C1CCC(N2C(=C)c3c(C)cccc3C2=O)C(=C)N1. The Kier molecular flexibility index (Phi) is 2.78. The van der Waals surface area contributed by atoms with Gasteiger partial charge in [0.05, 0.1) is 6.04 Å². The summed E-state index contributed by atoms with van der Waals surface area (Å²) in [6, 6.07) is 5.75. The number of nitrogens with one attached hydrogen (secondary N) is 1. The molecule has 1 amide bonds. The molecular weight excluding hydrogens is 248 g/mol. The van der Waals surface area contributed by atoms with Gasteiger partial charge in [-0.2, -0.15) is 0 Å². The number of nitrogens with zero attached hydrogens (tertiary/aromatic N) is 1. The fraction of sp³-hybridized carbons (Fsp3) is 0.235. The van der Waals surface area contributed by atoms with Crippen molar-refractivity contribution in [1.82, 2.24) is 10.2 Å². The molecule has 1 aromatic rings. The van der Waals surface area contributed by atoms with Crippen LogP contribution in [0.2, 0.25) is 0 Å². The molecule has 2 aliphatic rings. The predicted molar refractivity (Wildman–Crippen MR) is 80.8 cm³/mol. The Labute approximate surface area is 119 Å². The van der Waals surface area contributed by atoms with E-state index in [4.69, 9.17) is 0 Å². The monoisotopic (exact) mass is 266 g/mol. The molecule has 3 rings (SSSR count). The number of carbonyl (C=O) groups excluding carboxylic acids is 1. The molecule has 0 aliphatic carbocycles. The van der Waals surface area contributed by atoms with Crippen LogP contribution in [-0.4, -0.2) is 16.8 Å². The number of rotatable bonds is 1. The molecule has 1 N–H and O–H groups in total. The molecule has 20 heavy (non-hydrogen) atoms. The molecule has 3 heteroatoms. The molecule has 0 bridgehead atoms. The number of fused-ring (bicyclic) bond motifs is 1. The quantitative estimate of drug-likeness (QED) is 0.846. The van der Waals surface area contributed by atoms with E-state index in [1.54, 1.807) is 4.90 Å². The van der Waals surface area contributed by atoms with E-state index in [0.29, 0.717) is 0 Å². The van der Waals surface area contributed by atoms with E-state index in [0.717, 1.165) is 46.6 Å². The minimum Gasteiger partial charge on any atom is -0.362 e. The van der Waals surface area contributed by atoms with E-state index in [9.17, 15) is 4.79 Å². The van der Waals surface area contributed by atoms with E-state index in [1.807, 2.05) is 25.1 Å². The topological polar surface area (TPSA) is 32.3 Å². The standard InChI is InChI=1S/C17H18N2O/c1-10-6-5-7-14-16(10)13(4)19(17(14)20)15-9-8-11(2)18-12(15)3/h5-7,15,18H,2-4,8-9H2,1H3. The lowest BCUT2D eigenvalue weighted by Gasteiger charge is -2.35. The maximum absolute atomic E-state index is 12.7. The van der Waals surface area contributed by atoms with Gasteiger partial charge in [-0.25, -0.2) is 0 Å². The smallest absolute Gasteiger partial charge is 0.259 e. The van der Waals surface area contributed by atoms with Gasteiger partial charge in [-0.1, -0.05) is 31.9 Å². The molecule has 0 spiro atoms. The second-order valence-corrected chi connectivity index (χ2v) is 5.43. The van der Waals surface area contributed by atoms with Gasteiger partial charge in [0.2, 0.25) is 0 Å². The maximum Gasteiger partial charge on any atom is 0.259 e. The maximum atomic E-state index is 12.7. The van der Waals surface area contributed by atoms with Gasteiger partial charge >= 0.3 is 0 Å². The third-order valence-electron chi connectivity index (χ3n) is 4.07. The minimum atomic E-state index is -0.0488. The Hall–Kier alpha value is -2.29. The molecule has 2 heterocycles. The lowest BCUT2D eigenvalue weighted by molar-refractivity contribution is 0.0809. The Balaban J connectivity index is 2.00. The predicted octanol–water partition coefficient (Wildman–Crippen LogP) is 3.20. The summed E-state index contributed by atoms with van der Waals surface area (Å²) in [6.07, 6.45) is 1.68. The normalized spacial score (nSPS) is 22.1. The van der Waals surface area contributed by atoms with Crippen LogP contribution in [0.15, 0.2) is 49.3 Å². The van der Waals surface area contributed by atoms with Gasteiger partial charge in [-0.15, -0.1) is 0 Å². The first-order valence-electron chi connectivity index (χ1n) is 6.76. The first-order chi connectivity index (χ1) is 9.50. The Morgan fingerprint density at radius 3 is 2.70 bits per heavy atom. The van der Waals surface area contributed by atoms with Crippen molar-refractivity contribution < 1.29 is 4.79 Å². The number of allylic oxidation sites excluding steroid dienone is 1. The van der Waals surface area contributed by atoms with E-state index < -0.39 is 0 Å². The van der Waals surface area contributed by atoms with Crippen molar-refractivity contribution in [2.45, 2.75) is 25.8 Å². The summed E-state index contributed by atoms with van der Waals surface area (Å²) in [5.41, 5.74) is 5.35. The van der Waals surface area contributed by atoms with Crippen LogP contribution in [0.25, 0.3) is 5.70 Å². The summed E-state index contributed by atoms with van der Waals surface area (Å²) >= 11 is 0. The lowest BCUT2D eigenvalue weighted by atomic mass is 10.00. The highest BCUT2D eigenvalue weighted by atomic mass is 16.2. The van der Waals surface area contributed by atoms with E-state index >= 15 is 0 Å². The van der Waals surface area contributed by atoms with Crippen LogP contribution < -0.4 is 5.32 Å². The average molecular weight is 266 g/mol. The molecule has 0 radical (unpaired) electrons. The first-order valence-corrected chi connectivity index (χ1v) is 6.76. The summed E-state index contributed by atoms with van der Waals surface area (Å²) in [7, 11) is 0. The largest absolute Gasteiger partial charge is 0.362 e. The van der Waals surface area contributed by atoms with Gasteiger partial charge in [0.15, 0.2) is 0 Å². The summed E-state index contributed by atoms with van der Waals surface area (Å²) in [5.74, 6) is 0.0224. The number of piperidine rings is 1. The fourth-order valence-electron chi connectivity index (χ4n) is 3.07. The Morgan fingerprint density at radius 1 is 1.30 bits per heavy atom. The van der Waals surface area contributed by atoms with Crippen LogP contribution in [0.3, 0.4) is 0 Å². The summed E-state index contributed by atoms with van der Waals surface area (Å²) < 4.78 is 0. The highest BCUT2D eigenvalue weighted by Gasteiger charge is 2.38. The van der Waals surface area contributed by atoms with Crippen molar-refractivity contribution in [3.63, 3.8) is 0 Å². The molecule has 102 valence electrons. The number of carbonyl (C=O) groups is 1. The molecule has 0 saturated carbocycles. The van der Waals surface area contributed by atoms with Crippen LogP contribution in [0.4, 0.5) is 0 Å². The Bertz CT molecular complexity index is 657. The van der Waals surface area contributed by atoms with Gasteiger partial charge in [-0.05, 0) is 31.4 Å². The lowest BCUT2D eigenvalue weighted by Crippen LogP contribution is -2.42. The molecule has 1 atom stereocenters. The van der Waals surface area contributed by atoms with Crippen molar-refractivity contribution in [3.05, 3.63) is 66.0 Å². The first kappa shape index (κ1) is 12.7. The second-order valence-electron chi connectivity index (χ2n) is 5.43. The summed E-state index contributed by atoms with van der Waals surface area (Å²) in [5, 5.41) is 3.16. The molecule has 3 nitrogen and oxygen atoms in total. The molecule has 1 unspecified atom stereocenters. The summed E-state index contributed by atoms with van der Waals surface area (Å²) in [6.45, 7) is 14.1. The zero-order chi connectivity index (χ0) is 14.4. The zero-order valence-electron chi connectivity index (χ0n) is 11.7. The number of amides is 1. The van der Waals surface area contributed by atoms with Gasteiger partial charge in [0, 0.05) is 28.2 Å². The van der Waals surface area contributed by atoms with Gasteiger partial charge in [-0.3, -0.25) is 9.69 Å². The second kappa shape index (κ2) is 4.37. The van der Waals surface area contributed by atoms with Crippen molar-refractivity contribution in [2.24, 2.45) is 0 Å². The molecule has 1 fully saturated rings. The minimum absolute atomic E-state index is 0.0224. The van der Waals surface area contributed by atoms with E-state index in [1.165, 1.54) is 0 Å². The fourth-order valence-corrected chi connectivity index (χ4v) is 3.07. The number of aryl methyl sites for hydroxylation is 1. The molecule has 1 aromatic carbocycles. The van der Waals surface area contributed by atoms with Crippen LogP contribution >= 0.6 is 0 Å². The van der Waals surface area contributed by atoms with E-state index in [-0.39, 0.29) is 11.9 Å². The van der Waals surface area contributed by atoms with Crippen LogP contribution in [0, 0.1) is 6.92 Å². The average Bonchev–Trinajstić information content (AvgIpc) is 2.64. The van der Waals surface area contributed by atoms with Crippen molar-refractivity contribution >= 4 is 11.6 Å². The van der Waals surface area contributed by atoms with Gasteiger partial charge < -0.3 is 5.32 Å². The molecule has 0 aromatic heterocycles. The van der Waals surface area contributed by atoms with Crippen molar-refractivity contribution in [3.8, 4) is 0 Å². The number of hydrogen-bond acceptors (Lipinski definition) is 2. The van der Waals surface area contributed by atoms with Crippen molar-refractivity contribution in [2.75, 3.05) is 0 Å². The summed E-state index contributed by atoms with van der Waals surface area (Å²) in [4.78, 5) is 14.4. The van der Waals surface area contributed by atoms with Crippen LogP contribution in [0.5, 0.6) is 0 Å². The van der Waals surface area contributed by atoms with E-state index in [2.05, 4.69) is 25.1 Å². The van der Waals surface area contributed by atoms with Crippen LogP contribution in [-0.2, 0) is 0 Å². The molecular formula is C17H18N2O. The van der Waals surface area contributed by atoms with Crippen LogP contribution in [0.1, 0.15) is 34.3 Å². The molecule has 1 saturated heterocycles. The highest BCUT2D eigenvalue weighted by Crippen LogP contribution is 2.38.